The van der Waals surface area contributed by atoms with E-state index in [1.165, 1.54) is 6.07 Å². The molecule has 0 bridgehead atoms. The molecule has 2 aromatic rings. The number of halogens is 2. The van der Waals surface area contributed by atoms with Crippen LogP contribution in [-0.2, 0) is 6.54 Å². The Morgan fingerprint density at radius 1 is 1.15 bits per heavy atom. The van der Waals surface area contributed by atoms with Crippen LogP contribution in [0, 0.1) is 11.6 Å². The first kappa shape index (κ1) is 20.3. The summed E-state index contributed by atoms with van der Waals surface area (Å²) in [6, 6.07) is 8.08. The van der Waals surface area contributed by atoms with Crippen LogP contribution in [0.4, 0.5) is 8.78 Å². The largest absolute Gasteiger partial charge is 0.508 e. The minimum Gasteiger partial charge on any atom is -0.508 e. The van der Waals surface area contributed by atoms with Gasteiger partial charge in [0, 0.05) is 18.2 Å². The maximum atomic E-state index is 13.5. The van der Waals surface area contributed by atoms with Crippen LogP contribution in [0.15, 0.2) is 41.4 Å². The Labute approximate surface area is 156 Å². The fourth-order valence-electron chi connectivity index (χ4n) is 2.24. The van der Waals surface area contributed by atoms with Gasteiger partial charge in [-0.05, 0) is 37.3 Å². The Hall–Kier alpha value is -3.03. The first-order valence-corrected chi connectivity index (χ1v) is 8.49. The zero-order valence-electron chi connectivity index (χ0n) is 15.3. The van der Waals surface area contributed by atoms with Crippen molar-refractivity contribution in [3.05, 3.63) is 53.6 Å². The van der Waals surface area contributed by atoms with Crippen molar-refractivity contribution in [3.8, 4) is 17.2 Å². The molecular weight excluding hydrogens is 356 g/mol. The van der Waals surface area contributed by atoms with E-state index in [9.17, 15) is 13.9 Å². The third-order valence-corrected chi connectivity index (χ3v) is 3.58. The molecule has 0 saturated carbocycles. The smallest absolute Gasteiger partial charge is 0.191 e. The number of rotatable bonds is 8. The Morgan fingerprint density at radius 3 is 2.67 bits per heavy atom. The molecule has 3 N–H and O–H groups in total. The van der Waals surface area contributed by atoms with Crippen molar-refractivity contribution in [2.24, 2.45) is 4.99 Å². The topological polar surface area (TPSA) is 75.1 Å². The van der Waals surface area contributed by atoms with Gasteiger partial charge >= 0.3 is 0 Å². The zero-order valence-corrected chi connectivity index (χ0v) is 15.3. The molecule has 0 atom stereocenters. The van der Waals surface area contributed by atoms with Gasteiger partial charge in [0.1, 0.15) is 23.9 Å². The number of guanidine groups is 1. The van der Waals surface area contributed by atoms with E-state index in [4.69, 9.17) is 9.47 Å². The number of aliphatic imine (C=N–C) groups is 1. The number of nitrogens with zero attached hydrogens (tertiary/aromatic N) is 1. The molecule has 0 spiro atoms. The fraction of sp³-hybridized carbons (Fsp3) is 0.316. The molecule has 0 aliphatic carbocycles. The maximum Gasteiger partial charge on any atom is 0.191 e. The Morgan fingerprint density at radius 2 is 1.96 bits per heavy atom. The predicted octanol–water partition coefficient (Wildman–Crippen LogP) is 2.81. The van der Waals surface area contributed by atoms with Crippen molar-refractivity contribution < 1.29 is 23.4 Å². The minimum atomic E-state index is -0.746. The van der Waals surface area contributed by atoms with Crippen LogP contribution in [0.5, 0.6) is 17.2 Å². The highest BCUT2D eigenvalue weighted by Gasteiger charge is 2.06. The number of hydrogen-bond donors (Lipinski definition) is 3. The number of aromatic hydroxyl groups is 1. The van der Waals surface area contributed by atoms with E-state index in [0.717, 1.165) is 12.1 Å². The van der Waals surface area contributed by atoms with E-state index in [-0.39, 0.29) is 24.7 Å². The van der Waals surface area contributed by atoms with Crippen molar-refractivity contribution >= 4 is 5.96 Å². The van der Waals surface area contributed by atoms with Gasteiger partial charge < -0.3 is 25.2 Å². The summed E-state index contributed by atoms with van der Waals surface area (Å²) in [5.41, 5.74) is 0.621. The number of phenols is 1. The van der Waals surface area contributed by atoms with Gasteiger partial charge in [0.25, 0.3) is 0 Å². The van der Waals surface area contributed by atoms with Crippen LogP contribution in [0.2, 0.25) is 0 Å². The molecule has 0 radical (unpaired) electrons. The average molecular weight is 379 g/mol. The molecule has 146 valence electrons. The third kappa shape index (κ3) is 6.32. The molecule has 27 heavy (non-hydrogen) atoms. The van der Waals surface area contributed by atoms with Crippen LogP contribution < -0.4 is 20.1 Å². The number of methoxy groups -OCH3 is 1. The number of nitrogens with one attached hydrogen (secondary N) is 2. The fourth-order valence-corrected chi connectivity index (χ4v) is 2.24. The van der Waals surface area contributed by atoms with Gasteiger partial charge in [-0.3, -0.25) is 0 Å². The van der Waals surface area contributed by atoms with E-state index in [0.29, 0.717) is 30.4 Å². The lowest BCUT2D eigenvalue weighted by Crippen LogP contribution is -2.39. The highest BCUT2D eigenvalue weighted by molar-refractivity contribution is 5.79. The predicted molar refractivity (Wildman–Crippen MR) is 99.3 cm³/mol. The normalized spacial score (nSPS) is 11.2. The Bertz CT molecular complexity index is 785. The maximum absolute atomic E-state index is 13.5. The molecule has 0 fully saturated rings. The summed E-state index contributed by atoms with van der Waals surface area (Å²) in [4.78, 5) is 4.39. The van der Waals surface area contributed by atoms with Gasteiger partial charge in [-0.1, -0.05) is 0 Å². The van der Waals surface area contributed by atoms with Crippen LogP contribution in [0.25, 0.3) is 0 Å². The van der Waals surface area contributed by atoms with Gasteiger partial charge in [0.05, 0.1) is 20.2 Å². The van der Waals surface area contributed by atoms with E-state index in [1.54, 1.807) is 25.3 Å². The van der Waals surface area contributed by atoms with Crippen molar-refractivity contribution in [2.45, 2.75) is 13.5 Å². The Balaban J connectivity index is 1.90. The molecule has 2 aromatic carbocycles. The summed E-state index contributed by atoms with van der Waals surface area (Å²) in [6.07, 6.45) is 0. The summed E-state index contributed by atoms with van der Waals surface area (Å²) < 4.78 is 36.8. The number of ether oxygens (including phenoxy) is 2. The molecule has 6 nitrogen and oxygen atoms in total. The summed E-state index contributed by atoms with van der Waals surface area (Å²) in [5, 5.41) is 16.0. The van der Waals surface area contributed by atoms with Gasteiger partial charge in [-0.15, -0.1) is 0 Å². The van der Waals surface area contributed by atoms with Crippen molar-refractivity contribution in [2.75, 3.05) is 26.8 Å². The van der Waals surface area contributed by atoms with Gasteiger partial charge in [0.15, 0.2) is 17.5 Å². The quantitative estimate of drug-likeness (QED) is 0.374. The highest BCUT2D eigenvalue weighted by Crippen LogP contribution is 2.23. The van der Waals surface area contributed by atoms with Gasteiger partial charge in [0.2, 0.25) is 0 Å². The SMILES string of the molecule is CCNC(=NCc1cc(OC)ccc1O)NCCOc1ccc(F)cc1F. The lowest BCUT2D eigenvalue weighted by atomic mass is 10.2. The molecular formula is C19H23F2N3O3. The molecule has 0 aliphatic heterocycles. The second kappa shape index (κ2) is 10.2. The number of hydrogen-bond acceptors (Lipinski definition) is 4. The Kier molecular flexibility index (Phi) is 7.66. The van der Waals surface area contributed by atoms with Crippen molar-refractivity contribution in [3.63, 3.8) is 0 Å². The van der Waals surface area contributed by atoms with Crippen LogP contribution in [-0.4, -0.2) is 37.9 Å². The number of phenolic OH excluding ortho intramolecular Hbond substituents is 1. The standard InChI is InChI=1S/C19H23F2N3O3/c1-3-22-19(24-12-13-10-15(26-2)5-6-17(13)25)23-8-9-27-18-7-4-14(20)11-16(18)21/h4-7,10-11,25H,3,8-9,12H2,1-2H3,(H2,22,23,24). The monoisotopic (exact) mass is 379 g/mol. The first-order chi connectivity index (χ1) is 13.0. The number of benzene rings is 2. The molecule has 0 unspecified atom stereocenters. The van der Waals surface area contributed by atoms with Crippen LogP contribution in [0.1, 0.15) is 12.5 Å². The highest BCUT2D eigenvalue weighted by atomic mass is 19.1. The third-order valence-electron chi connectivity index (χ3n) is 3.58. The summed E-state index contributed by atoms with van der Waals surface area (Å²) >= 11 is 0. The van der Waals surface area contributed by atoms with Crippen molar-refractivity contribution in [1.82, 2.24) is 10.6 Å². The summed E-state index contributed by atoms with van der Waals surface area (Å²) in [5.74, 6) is -0.134. The lowest BCUT2D eigenvalue weighted by Gasteiger charge is -2.13. The second-order valence-electron chi connectivity index (χ2n) is 5.54. The van der Waals surface area contributed by atoms with E-state index < -0.39 is 11.6 Å². The molecule has 2 rings (SSSR count). The van der Waals surface area contributed by atoms with E-state index >= 15 is 0 Å². The van der Waals surface area contributed by atoms with Crippen LogP contribution >= 0.6 is 0 Å². The molecule has 0 saturated heterocycles. The second-order valence-corrected chi connectivity index (χ2v) is 5.54. The van der Waals surface area contributed by atoms with Crippen LogP contribution in [0.3, 0.4) is 0 Å². The summed E-state index contributed by atoms with van der Waals surface area (Å²) in [7, 11) is 1.55. The molecule has 0 aromatic heterocycles. The molecule has 0 aliphatic rings. The van der Waals surface area contributed by atoms with E-state index in [2.05, 4.69) is 15.6 Å². The molecule has 0 amide bonds. The molecule has 8 heteroatoms. The first-order valence-electron chi connectivity index (χ1n) is 8.49. The average Bonchev–Trinajstić information content (AvgIpc) is 2.65. The zero-order chi connectivity index (χ0) is 19.6. The van der Waals surface area contributed by atoms with Gasteiger partial charge in [-0.25, -0.2) is 13.8 Å². The lowest BCUT2D eigenvalue weighted by molar-refractivity contribution is 0.304. The minimum absolute atomic E-state index is 0.0126. The molecule has 0 heterocycles. The van der Waals surface area contributed by atoms with Crippen molar-refractivity contribution in [1.29, 1.82) is 0 Å². The van der Waals surface area contributed by atoms with Gasteiger partial charge in [-0.2, -0.15) is 0 Å². The summed E-state index contributed by atoms with van der Waals surface area (Å²) in [6.45, 7) is 3.32. The van der Waals surface area contributed by atoms with E-state index in [1.807, 2.05) is 6.92 Å².